The number of piperidine rings is 1. The fraction of sp³-hybridized carbons (Fsp3) is 0.533. The lowest BCUT2D eigenvalue weighted by Gasteiger charge is -2.34. The molecule has 2 bridgehead atoms. The Kier molecular flexibility index (Phi) is 3.32. The van der Waals surface area contributed by atoms with Crippen LogP contribution in [0.2, 0.25) is 0 Å². The third-order valence-corrected chi connectivity index (χ3v) is 4.35. The van der Waals surface area contributed by atoms with E-state index in [4.69, 9.17) is 0 Å². The van der Waals surface area contributed by atoms with Gasteiger partial charge < -0.3 is 15.3 Å². The summed E-state index contributed by atoms with van der Waals surface area (Å²) in [6, 6.07) is 8.02. The van der Waals surface area contributed by atoms with Crippen molar-refractivity contribution in [2.24, 2.45) is 0 Å². The number of fused-ring (bicyclic) bond motifs is 2. The lowest BCUT2D eigenvalue weighted by atomic mass is 10.0. The van der Waals surface area contributed by atoms with Gasteiger partial charge in [0.1, 0.15) is 5.75 Å². The number of carbonyl (C=O) groups is 1. The largest absolute Gasteiger partial charge is 0.508 e. The summed E-state index contributed by atoms with van der Waals surface area (Å²) < 4.78 is 0. The van der Waals surface area contributed by atoms with Gasteiger partial charge in [-0.15, -0.1) is 0 Å². The molecule has 102 valence electrons. The lowest BCUT2D eigenvalue weighted by Crippen LogP contribution is -2.48. The molecule has 4 heteroatoms. The van der Waals surface area contributed by atoms with E-state index in [-0.39, 0.29) is 11.8 Å². The Morgan fingerprint density at radius 2 is 1.89 bits per heavy atom. The maximum atomic E-state index is 12.3. The SMILES string of the molecule is O=C(NCc1ccccc1O)N1C2CCCC1CC2. The average molecular weight is 260 g/mol. The number of nitrogens with one attached hydrogen (secondary N) is 1. The number of phenols is 1. The fourth-order valence-electron chi connectivity index (χ4n) is 3.37. The van der Waals surface area contributed by atoms with Crippen LogP contribution in [0.3, 0.4) is 0 Å². The van der Waals surface area contributed by atoms with Gasteiger partial charge in [-0.1, -0.05) is 18.2 Å². The number of aromatic hydroxyl groups is 1. The van der Waals surface area contributed by atoms with Crippen LogP contribution in [0.1, 0.15) is 37.7 Å². The van der Waals surface area contributed by atoms with Gasteiger partial charge in [0, 0.05) is 24.2 Å². The highest BCUT2D eigenvalue weighted by Crippen LogP contribution is 2.35. The molecule has 2 aliphatic rings. The first-order valence-electron chi connectivity index (χ1n) is 7.09. The number of phenolic OH excluding ortho intramolecular Hbond substituents is 1. The van der Waals surface area contributed by atoms with Crippen LogP contribution < -0.4 is 5.32 Å². The second kappa shape index (κ2) is 5.11. The number of nitrogens with zero attached hydrogens (tertiary/aromatic N) is 1. The van der Waals surface area contributed by atoms with Crippen LogP contribution >= 0.6 is 0 Å². The predicted molar refractivity (Wildman–Crippen MR) is 72.8 cm³/mol. The molecule has 0 spiro atoms. The molecule has 2 atom stereocenters. The molecular weight excluding hydrogens is 240 g/mol. The van der Waals surface area contributed by atoms with Crippen molar-refractivity contribution in [3.63, 3.8) is 0 Å². The second-order valence-electron chi connectivity index (χ2n) is 5.51. The maximum absolute atomic E-state index is 12.3. The highest BCUT2D eigenvalue weighted by Gasteiger charge is 2.39. The van der Waals surface area contributed by atoms with E-state index in [2.05, 4.69) is 5.32 Å². The van der Waals surface area contributed by atoms with Gasteiger partial charge in [-0.3, -0.25) is 0 Å². The van der Waals surface area contributed by atoms with Gasteiger partial charge in [-0.2, -0.15) is 0 Å². The number of benzene rings is 1. The van der Waals surface area contributed by atoms with Crippen LogP contribution in [0.5, 0.6) is 5.75 Å². The highest BCUT2D eigenvalue weighted by molar-refractivity contribution is 5.75. The molecule has 0 aromatic heterocycles. The molecule has 4 nitrogen and oxygen atoms in total. The molecule has 19 heavy (non-hydrogen) atoms. The first-order valence-corrected chi connectivity index (χ1v) is 7.09. The number of para-hydroxylation sites is 1. The molecule has 3 rings (SSSR count). The maximum Gasteiger partial charge on any atom is 0.318 e. The molecule has 1 aromatic carbocycles. The van der Waals surface area contributed by atoms with E-state index in [0.717, 1.165) is 31.2 Å². The summed E-state index contributed by atoms with van der Waals surface area (Å²) in [6.45, 7) is 0.390. The zero-order valence-electron chi connectivity index (χ0n) is 11.0. The summed E-state index contributed by atoms with van der Waals surface area (Å²) in [5, 5.41) is 12.6. The number of urea groups is 1. The van der Waals surface area contributed by atoms with Crippen LogP contribution in [0.15, 0.2) is 24.3 Å². The van der Waals surface area contributed by atoms with E-state index in [9.17, 15) is 9.90 Å². The molecule has 0 saturated carbocycles. The monoisotopic (exact) mass is 260 g/mol. The second-order valence-corrected chi connectivity index (χ2v) is 5.51. The summed E-state index contributed by atoms with van der Waals surface area (Å²) in [4.78, 5) is 14.3. The Morgan fingerprint density at radius 3 is 2.58 bits per heavy atom. The van der Waals surface area contributed by atoms with Crippen molar-refractivity contribution in [1.82, 2.24) is 10.2 Å². The summed E-state index contributed by atoms with van der Waals surface area (Å²) >= 11 is 0. The minimum atomic E-state index is 0.0236. The number of rotatable bonds is 2. The molecule has 2 unspecified atom stereocenters. The minimum absolute atomic E-state index is 0.0236. The van der Waals surface area contributed by atoms with Crippen molar-refractivity contribution >= 4 is 6.03 Å². The van der Waals surface area contributed by atoms with Crippen LogP contribution in [0, 0.1) is 0 Å². The van der Waals surface area contributed by atoms with E-state index in [1.165, 1.54) is 6.42 Å². The molecule has 2 amide bonds. The van der Waals surface area contributed by atoms with Crippen LogP contribution in [-0.2, 0) is 6.54 Å². The molecular formula is C15H20N2O2. The van der Waals surface area contributed by atoms with Crippen molar-refractivity contribution in [1.29, 1.82) is 0 Å². The number of hydrogen-bond donors (Lipinski definition) is 2. The van der Waals surface area contributed by atoms with E-state index in [1.807, 2.05) is 17.0 Å². The molecule has 2 saturated heterocycles. The van der Waals surface area contributed by atoms with Crippen molar-refractivity contribution in [3.8, 4) is 5.75 Å². The number of hydrogen-bond acceptors (Lipinski definition) is 2. The van der Waals surface area contributed by atoms with Gasteiger partial charge in [0.05, 0.1) is 0 Å². The summed E-state index contributed by atoms with van der Waals surface area (Å²) in [5.74, 6) is 0.240. The van der Waals surface area contributed by atoms with Gasteiger partial charge in [0.25, 0.3) is 0 Å². The molecule has 2 N–H and O–H groups in total. The molecule has 2 heterocycles. The zero-order chi connectivity index (χ0) is 13.2. The van der Waals surface area contributed by atoms with Gasteiger partial charge in [0.15, 0.2) is 0 Å². The first-order chi connectivity index (χ1) is 9.25. The quantitative estimate of drug-likeness (QED) is 0.858. The van der Waals surface area contributed by atoms with E-state index < -0.39 is 0 Å². The van der Waals surface area contributed by atoms with Crippen LogP contribution in [0.4, 0.5) is 4.79 Å². The lowest BCUT2D eigenvalue weighted by molar-refractivity contribution is 0.146. The summed E-state index contributed by atoms with van der Waals surface area (Å²) in [6.07, 6.45) is 5.82. The molecule has 2 aliphatic heterocycles. The Morgan fingerprint density at radius 1 is 1.21 bits per heavy atom. The highest BCUT2D eigenvalue weighted by atomic mass is 16.3. The van der Waals surface area contributed by atoms with E-state index in [0.29, 0.717) is 18.6 Å². The van der Waals surface area contributed by atoms with E-state index >= 15 is 0 Å². The number of carbonyl (C=O) groups excluding carboxylic acids is 1. The van der Waals surface area contributed by atoms with Crippen LogP contribution in [-0.4, -0.2) is 28.1 Å². The Labute approximate surface area is 113 Å². The van der Waals surface area contributed by atoms with Gasteiger partial charge in [0.2, 0.25) is 0 Å². The fourth-order valence-corrected chi connectivity index (χ4v) is 3.37. The van der Waals surface area contributed by atoms with Gasteiger partial charge >= 0.3 is 6.03 Å². The molecule has 0 radical (unpaired) electrons. The first kappa shape index (κ1) is 12.3. The van der Waals surface area contributed by atoms with Crippen LogP contribution in [0.25, 0.3) is 0 Å². The third-order valence-electron chi connectivity index (χ3n) is 4.35. The standard InChI is InChI=1S/C15H20N2O2/c18-14-7-2-1-4-11(14)10-16-15(19)17-12-5-3-6-13(17)9-8-12/h1-2,4,7,12-13,18H,3,5-6,8-10H2,(H,16,19). The Hall–Kier alpha value is -1.71. The molecule has 0 aliphatic carbocycles. The minimum Gasteiger partial charge on any atom is -0.508 e. The topological polar surface area (TPSA) is 52.6 Å². The Bertz CT molecular complexity index is 459. The Balaban J connectivity index is 1.62. The summed E-state index contributed by atoms with van der Waals surface area (Å²) in [5.41, 5.74) is 0.764. The third kappa shape index (κ3) is 2.39. The van der Waals surface area contributed by atoms with Gasteiger partial charge in [-0.25, -0.2) is 4.79 Å². The van der Waals surface area contributed by atoms with Gasteiger partial charge in [-0.05, 0) is 38.2 Å². The van der Waals surface area contributed by atoms with Crippen molar-refractivity contribution < 1.29 is 9.90 Å². The zero-order valence-corrected chi connectivity index (χ0v) is 11.0. The summed E-state index contributed by atoms with van der Waals surface area (Å²) in [7, 11) is 0. The van der Waals surface area contributed by atoms with Crippen molar-refractivity contribution in [2.75, 3.05) is 0 Å². The molecule has 2 fully saturated rings. The van der Waals surface area contributed by atoms with E-state index in [1.54, 1.807) is 12.1 Å². The normalized spacial score (nSPS) is 25.4. The number of amides is 2. The predicted octanol–water partition coefficient (Wildman–Crippen LogP) is 2.62. The smallest absolute Gasteiger partial charge is 0.318 e. The molecule has 1 aromatic rings. The van der Waals surface area contributed by atoms with Crippen molar-refractivity contribution in [2.45, 2.75) is 50.7 Å². The average Bonchev–Trinajstić information content (AvgIpc) is 2.67. The van der Waals surface area contributed by atoms with Crippen molar-refractivity contribution in [3.05, 3.63) is 29.8 Å².